The molecule has 0 saturated carbocycles. The lowest BCUT2D eigenvalue weighted by Gasteiger charge is -2.13. The monoisotopic (exact) mass is 474 g/mol. The number of halogens is 4. The van der Waals surface area contributed by atoms with Gasteiger partial charge in [-0.15, -0.1) is 0 Å². The van der Waals surface area contributed by atoms with Crippen molar-refractivity contribution in [2.24, 2.45) is 0 Å². The summed E-state index contributed by atoms with van der Waals surface area (Å²) < 4.78 is 48.6. The van der Waals surface area contributed by atoms with Crippen molar-refractivity contribution in [2.75, 3.05) is 26.3 Å². The van der Waals surface area contributed by atoms with Gasteiger partial charge in [0.05, 0.1) is 11.1 Å². The van der Waals surface area contributed by atoms with E-state index in [4.69, 9.17) is 21.1 Å². The minimum atomic E-state index is -2.58. The first-order valence-electron chi connectivity index (χ1n) is 9.55. The summed E-state index contributed by atoms with van der Waals surface area (Å²) in [5.74, 6) is -1.23. The van der Waals surface area contributed by atoms with Gasteiger partial charge in [-0.1, -0.05) is 11.6 Å². The SMILES string of the molecule is O=C(COc1ccc(Cl)c(F)c1)NCC[C@H](O)CNC(=O)COc1ccc(C(F)F)cc1. The first kappa shape index (κ1) is 25.3. The molecule has 0 radical (unpaired) electrons. The molecular weight excluding hydrogens is 453 g/mol. The lowest BCUT2D eigenvalue weighted by atomic mass is 10.2. The van der Waals surface area contributed by atoms with Gasteiger partial charge in [-0.3, -0.25) is 9.59 Å². The summed E-state index contributed by atoms with van der Waals surface area (Å²) in [6.07, 6.45) is -3.34. The van der Waals surface area contributed by atoms with E-state index < -0.39 is 30.2 Å². The number of aliphatic hydroxyl groups excluding tert-OH is 1. The highest BCUT2D eigenvalue weighted by molar-refractivity contribution is 6.30. The third kappa shape index (κ3) is 9.03. The highest BCUT2D eigenvalue weighted by atomic mass is 35.5. The molecule has 0 fully saturated rings. The molecule has 0 heterocycles. The molecule has 2 aromatic rings. The highest BCUT2D eigenvalue weighted by Gasteiger charge is 2.11. The van der Waals surface area contributed by atoms with Crippen molar-refractivity contribution in [3.05, 3.63) is 58.9 Å². The number of nitrogens with one attached hydrogen (secondary N) is 2. The molecule has 2 aromatic carbocycles. The Morgan fingerprint density at radius 2 is 1.56 bits per heavy atom. The van der Waals surface area contributed by atoms with Gasteiger partial charge in [0.15, 0.2) is 13.2 Å². The summed E-state index contributed by atoms with van der Waals surface area (Å²) in [6, 6.07) is 8.86. The molecule has 0 aliphatic carbocycles. The van der Waals surface area contributed by atoms with E-state index in [0.717, 1.165) is 6.07 Å². The first-order chi connectivity index (χ1) is 15.2. The Bertz CT molecular complexity index is 900. The van der Waals surface area contributed by atoms with Crippen molar-refractivity contribution < 1.29 is 37.3 Å². The molecule has 174 valence electrons. The number of hydrogen-bond donors (Lipinski definition) is 3. The topological polar surface area (TPSA) is 96.9 Å². The van der Waals surface area contributed by atoms with Gasteiger partial charge in [-0.25, -0.2) is 13.2 Å². The van der Waals surface area contributed by atoms with Crippen LogP contribution in [-0.2, 0) is 9.59 Å². The number of amides is 2. The van der Waals surface area contributed by atoms with Crippen LogP contribution in [0.5, 0.6) is 11.5 Å². The Morgan fingerprint density at radius 3 is 2.19 bits per heavy atom. The lowest BCUT2D eigenvalue weighted by Crippen LogP contribution is -2.37. The number of aliphatic hydroxyl groups is 1. The van der Waals surface area contributed by atoms with Gasteiger partial charge in [0.25, 0.3) is 18.2 Å². The molecule has 0 aromatic heterocycles. The fourth-order valence-electron chi connectivity index (χ4n) is 2.39. The average Bonchev–Trinajstić information content (AvgIpc) is 2.77. The quantitative estimate of drug-likeness (QED) is 0.439. The maximum absolute atomic E-state index is 13.3. The minimum absolute atomic E-state index is 0.0574. The standard InChI is InChI=1S/C21H22ClF3N2O5/c22-17-6-5-16(9-18(17)23)32-11-19(29)26-8-7-14(28)10-27-20(30)12-31-15-3-1-13(2-4-15)21(24)25/h1-6,9,14,21,28H,7-8,10-12H2,(H,26,29)(H,27,30)/t14-/m0/s1. The van der Waals surface area contributed by atoms with Gasteiger partial charge < -0.3 is 25.2 Å². The largest absolute Gasteiger partial charge is 0.484 e. The Labute approximate surface area is 187 Å². The van der Waals surface area contributed by atoms with E-state index in [1.165, 1.54) is 36.4 Å². The number of hydrogen-bond acceptors (Lipinski definition) is 5. The molecule has 0 aliphatic heterocycles. The van der Waals surface area contributed by atoms with Gasteiger partial charge in [-0.05, 0) is 42.8 Å². The molecule has 2 amide bonds. The van der Waals surface area contributed by atoms with Gasteiger partial charge in [-0.2, -0.15) is 0 Å². The number of benzene rings is 2. The second kappa shape index (κ2) is 12.8. The summed E-state index contributed by atoms with van der Waals surface area (Å²) >= 11 is 5.56. The third-order valence-corrected chi connectivity index (χ3v) is 4.40. The van der Waals surface area contributed by atoms with E-state index in [1.807, 2.05) is 0 Å². The van der Waals surface area contributed by atoms with Gasteiger partial charge >= 0.3 is 0 Å². The zero-order valence-electron chi connectivity index (χ0n) is 16.8. The number of rotatable bonds is 12. The van der Waals surface area contributed by atoms with Crippen LogP contribution in [0.2, 0.25) is 5.02 Å². The molecule has 0 unspecified atom stereocenters. The molecule has 11 heteroatoms. The molecule has 0 bridgehead atoms. The van der Waals surface area contributed by atoms with Gasteiger partial charge in [0.2, 0.25) is 0 Å². The average molecular weight is 475 g/mol. The Balaban J connectivity index is 1.57. The van der Waals surface area contributed by atoms with Crippen LogP contribution in [0.1, 0.15) is 18.4 Å². The second-order valence-corrected chi connectivity index (χ2v) is 7.03. The van der Waals surface area contributed by atoms with E-state index >= 15 is 0 Å². The number of alkyl halides is 2. The molecule has 0 aliphatic rings. The summed E-state index contributed by atoms with van der Waals surface area (Å²) in [5, 5.41) is 14.8. The van der Waals surface area contributed by atoms with Crippen LogP contribution >= 0.6 is 11.6 Å². The van der Waals surface area contributed by atoms with Crippen LogP contribution in [0, 0.1) is 5.82 Å². The highest BCUT2D eigenvalue weighted by Crippen LogP contribution is 2.21. The first-order valence-corrected chi connectivity index (χ1v) is 9.92. The van der Waals surface area contributed by atoms with Crippen molar-refractivity contribution >= 4 is 23.4 Å². The van der Waals surface area contributed by atoms with Crippen LogP contribution in [-0.4, -0.2) is 49.3 Å². The van der Waals surface area contributed by atoms with E-state index in [1.54, 1.807) is 0 Å². The Morgan fingerprint density at radius 1 is 0.969 bits per heavy atom. The van der Waals surface area contributed by atoms with Gasteiger partial charge in [0, 0.05) is 24.7 Å². The predicted molar refractivity (Wildman–Crippen MR) is 110 cm³/mol. The minimum Gasteiger partial charge on any atom is -0.484 e. The van der Waals surface area contributed by atoms with Crippen molar-refractivity contribution in [1.82, 2.24) is 10.6 Å². The van der Waals surface area contributed by atoms with Crippen LogP contribution in [0.3, 0.4) is 0 Å². The number of carbonyl (C=O) groups excluding carboxylic acids is 2. The van der Waals surface area contributed by atoms with Crippen molar-refractivity contribution in [1.29, 1.82) is 0 Å². The summed E-state index contributed by atoms with van der Waals surface area (Å²) in [7, 11) is 0. The van der Waals surface area contributed by atoms with Crippen molar-refractivity contribution in [3.8, 4) is 11.5 Å². The maximum Gasteiger partial charge on any atom is 0.263 e. The summed E-state index contributed by atoms with van der Waals surface area (Å²) in [4.78, 5) is 23.5. The number of ether oxygens (including phenoxy) is 2. The molecule has 32 heavy (non-hydrogen) atoms. The zero-order valence-corrected chi connectivity index (χ0v) is 17.6. The van der Waals surface area contributed by atoms with Crippen molar-refractivity contribution in [2.45, 2.75) is 19.0 Å². The zero-order chi connectivity index (χ0) is 23.5. The molecule has 1 atom stereocenters. The molecule has 3 N–H and O–H groups in total. The second-order valence-electron chi connectivity index (χ2n) is 6.62. The molecule has 0 spiro atoms. The van der Waals surface area contributed by atoms with Crippen molar-refractivity contribution in [3.63, 3.8) is 0 Å². The molecule has 7 nitrogen and oxygen atoms in total. The molecule has 2 rings (SSSR count). The lowest BCUT2D eigenvalue weighted by molar-refractivity contribution is -0.124. The van der Waals surface area contributed by atoms with E-state index in [0.29, 0.717) is 0 Å². The smallest absolute Gasteiger partial charge is 0.263 e. The maximum atomic E-state index is 13.3. The van der Waals surface area contributed by atoms with Crippen LogP contribution in [0.15, 0.2) is 42.5 Å². The van der Waals surface area contributed by atoms with E-state index in [9.17, 15) is 27.9 Å². The fourth-order valence-corrected chi connectivity index (χ4v) is 2.51. The third-order valence-electron chi connectivity index (χ3n) is 4.10. The normalized spacial score (nSPS) is 11.7. The number of carbonyl (C=O) groups is 2. The van der Waals surface area contributed by atoms with Crippen LogP contribution in [0.4, 0.5) is 13.2 Å². The summed E-state index contributed by atoms with van der Waals surface area (Å²) in [6.45, 7) is -0.631. The summed E-state index contributed by atoms with van der Waals surface area (Å²) in [5.41, 5.74) is -0.151. The predicted octanol–water partition coefficient (Wildman–Crippen LogP) is 2.86. The Hall–Kier alpha value is -2.98. The van der Waals surface area contributed by atoms with Crippen LogP contribution in [0.25, 0.3) is 0 Å². The van der Waals surface area contributed by atoms with E-state index in [-0.39, 0.29) is 54.8 Å². The Kier molecular flexibility index (Phi) is 10.1. The molecule has 0 saturated heterocycles. The molecular formula is C21H22ClF3N2O5. The van der Waals surface area contributed by atoms with E-state index in [2.05, 4.69) is 10.6 Å². The fraction of sp³-hybridized carbons (Fsp3) is 0.333. The van der Waals surface area contributed by atoms with Crippen LogP contribution < -0.4 is 20.1 Å². The van der Waals surface area contributed by atoms with Gasteiger partial charge in [0.1, 0.15) is 17.3 Å².